The zero-order valence-electron chi connectivity index (χ0n) is 17.0. The minimum Gasteiger partial charge on any atom is -0.470 e. The van der Waals surface area contributed by atoms with Crippen molar-refractivity contribution < 1.29 is 19.1 Å². The van der Waals surface area contributed by atoms with E-state index in [1.54, 1.807) is 31.5 Å². The second-order valence-electron chi connectivity index (χ2n) is 6.43. The van der Waals surface area contributed by atoms with E-state index in [1.807, 2.05) is 12.1 Å². The van der Waals surface area contributed by atoms with Crippen LogP contribution in [0.1, 0.15) is 12.5 Å². The number of thioether (sulfide) groups is 1. The molecular weight excluding hydrogens is 402 g/mol. The van der Waals surface area contributed by atoms with Crippen molar-refractivity contribution in [2.75, 3.05) is 26.6 Å². The number of rotatable bonds is 10. The Morgan fingerprint density at radius 2 is 2.23 bits per heavy atom. The van der Waals surface area contributed by atoms with Crippen LogP contribution in [0.5, 0.6) is 5.75 Å². The molecule has 0 spiro atoms. The SMILES string of the molecule is C#CCOCC(C)(C=NOC)NC(=O)C(Oc1ccc2ncc(C#C)cc2c1)SC. The number of nitrogens with zero attached hydrogens (tertiary/aromatic N) is 2. The summed E-state index contributed by atoms with van der Waals surface area (Å²) in [5.74, 6) is 5.10. The van der Waals surface area contributed by atoms with Crippen LogP contribution in [0.25, 0.3) is 10.9 Å². The van der Waals surface area contributed by atoms with Gasteiger partial charge in [0.15, 0.2) is 0 Å². The maximum Gasteiger partial charge on any atom is 0.272 e. The van der Waals surface area contributed by atoms with Crippen molar-refractivity contribution >= 4 is 34.8 Å². The first-order valence-electron chi connectivity index (χ1n) is 8.91. The quantitative estimate of drug-likeness (QED) is 0.207. The first-order chi connectivity index (χ1) is 14.4. The Hall–Kier alpha value is -3.20. The molecule has 0 radical (unpaired) electrons. The Balaban J connectivity index is 2.16. The van der Waals surface area contributed by atoms with Crippen LogP contribution in [0.4, 0.5) is 0 Å². The monoisotopic (exact) mass is 425 g/mol. The highest BCUT2D eigenvalue weighted by atomic mass is 32.2. The van der Waals surface area contributed by atoms with Gasteiger partial charge in [0.05, 0.1) is 23.9 Å². The van der Waals surface area contributed by atoms with E-state index in [0.717, 1.165) is 10.9 Å². The lowest BCUT2D eigenvalue weighted by Gasteiger charge is -2.28. The van der Waals surface area contributed by atoms with Crippen LogP contribution in [0.3, 0.4) is 0 Å². The minimum absolute atomic E-state index is 0.111. The van der Waals surface area contributed by atoms with Crippen LogP contribution < -0.4 is 10.1 Å². The Labute approximate surface area is 180 Å². The van der Waals surface area contributed by atoms with Gasteiger partial charge in [-0.25, -0.2) is 0 Å². The van der Waals surface area contributed by atoms with Gasteiger partial charge in [-0.2, -0.15) is 0 Å². The number of pyridine rings is 1. The fraction of sp³-hybridized carbons (Fsp3) is 0.318. The van der Waals surface area contributed by atoms with Crippen molar-refractivity contribution in [3.63, 3.8) is 0 Å². The summed E-state index contributed by atoms with van der Waals surface area (Å²) in [6, 6.07) is 7.19. The number of terminal acetylenes is 2. The number of aromatic nitrogens is 1. The molecule has 0 aliphatic rings. The summed E-state index contributed by atoms with van der Waals surface area (Å²) in [7, 11) is 1.41. The van der Waals surface area contributed by atoms with Crippen LogP contribution in [0.15, 0.2) is 35.6 Å². The summed E-state index contributed by atoms with van der Waals surface area (Å²) in [6.45, 7) is 1.97. The molecule has 0 bridgehead atoms. The van der Waals surface area contributed by atoms with Gasteiger partial charge in [-0.3, -0.25) is 9.78 Å². The molecule has 2 rings (SSSR count). The minimum atomic E-state index is -0.934. The number of oxime groups is 1. The summed E-state index contributed by atoms with van der Waals surface area (Å²) < 4.78 is 11.3. The molecule has 0 saturated carbocycles. The third-order valence-electron chi connectivity index (χ3n) is 3.93. The molecule has 0 saturated heterocycles. The molecule has 2 aromatic rings. The summed E-state index contributed by atoms with van der Waals surface area (Å²) in [6.07, 6.45) is 15.5. The van der Waals surface area contributed by atoms with Gasteiger partial charge in [0.25, 0.3) is 5.91 Å². The molecular formula is C22H23N3O4S. The largest absolute Gasteiger partial charge is 0.470 e. The molecule has 1 heterocycles. The van der Waals surface area contributed by atoms with E-state index >= 15 is 0 Å². The number of amides is 1. The molecule has 1 aromatic heterocycles. The predicted octanol–water partition coefficient (Wildman–Crippen LogP) is 2.44. The Morgan fingerprint density at radius 1 is 1.43 bits per heavy atom. The average molecular weight is 426 g/mol. The summed E-state index contributed by atoms with van der Waals surface area (Å²) >= 11 is 1.25. The molecule has 7 nitrogen and oxygen atoms in total. The third-order valence-corrected chi connectivity index (χ3v) is 4.67. The van der Waals surface area contributed by atoms with Crippen LogP contribution in [0, 0.1) is 24.7 Å². The van der Waals surface area contributed by atoms with Crippen LogP contribution >= 0.6 is 11.8 Å². The third kappa shape index (κ3) is 6.41. The van der Waals surface area contributed by atoms with Gasteiger partial charge in [-0.15, -0.1) is 24.6 Å². The zero-order chi connectivity index (χ0) is 22.0. The van der Waals surface area contributed by atoms with Gasteiger partial charge in [-0.05, 0) is 37.4 Å². The number of hydrogen-bond donors (Lipinski definition) is 1. The number of ether oxygens (including phenoxy) is 2. The first kappa shape index (κ1) is 23.1. The van der Waals surface area contributed by atoms with Gasteiger partial charge in [0.2, 0.25) is 5.44 Å². The highest BCUT2D eigenvalue weighted by molar-refractivity contribution is 7.99. The molecule has 156 valence electrons. The second kappa shape index (κ2) is 11.1. The number of carbonyl (C=O) groups excluding carboxylic acids is 1. The fourth-order valence-electron chi connectivity index (χ4n) is 2.53. The van der Waals surface area contributed by atoms with E-state index < -0.39 is 11.0 Å². The zero-order valence-corrected chi connectivity index (χ0v) is 17.9. The number of nitrogens with one attached hydrogen (secondary N) is 1. The van der Waals surface area contributed by atoms with E-state index in [1.165, 1.54) is 25.1 Å². The van der Waals surface area contributed by atoms with Crippen molar-refractivity contribution in [1.29, 1.82) is 0 Å². The molecule has 0 aliphatic carbocycles. The summed E-state index contributed by atoms with van der Waals surface area (Å²) in [5.41, 5.74) is -0.301. The lowest BCUT2D eigenvalue weighted by molar-refractivity contribution is -0.126. The highest BCUT2D eigenvalue weighted by Gasteiger charge is 2.30. The second-order valence-corrected chi connectivity index (χ2v) is 7.33. The van der Waals surface area contributed by atoms with Crippen LogP contribution in [-0.4, -0.2) is 54.7 Å². The molecule has 0 fully saturated rings. The lowest BCUT2D eigenvalue weighted by Crippen LogP contribution is -2.54. The number of fused-ring (bicyclic) bond motifs is 1. The van der Waals surface area contributed by atoms with E-state index in [0.29, 0.717) is 11.3 Å². The molecule has 0 aliphatic heterocycles. The fourth-order valence-corrected chi connectivity index (χ4v) is 3.01. The Morgan fingerprint density at radius 3 is 2.90 bits per heavy atom. The van der Waals surface area contributed by atoms with E-state index in [4.69, 9.17) is 27.2 Å². The molecule has 8 heteroatoms. The summed E-state index contributed by atoms with van der Waals surface area (Å²) in [4.78, 5) is 21.9. The van der Waals surface area contributed by atoms with Crippen LogP contribution in [-0.2, 0) is 14.4 Å². The normalized spacial score (nSPS) is 13.8. The van der Waals surface area contributed by atoms with Crippen molar-refractivity contribution in [1.82, 2.24) is 10.3 Å². The number of benzene rings is 1. The highest BCUT2D eigenvalue weighted by Crippen LogP contribution is 2.23. The smallest absolute Gasteiger partial charge is 0.272 e. The van der Waals surface area contributed by atoms with Gasteiger partial charge < -0.3 is 19.6 Å². The van der Waals surface area contributed by atoms with Gasteiger partial charge in [-0.1, -0.05) is 17.0 Å². The van der Waals surface area contributed by atoms with Crippen molar-refractivity contribution in [3.8, 4) is 30.4 Å². The maximum absolute atomic E-state index is 12.9. The van der Waals surface area contributed by atoms with Gasteiger partial charge in [0.1, 0.15) is 19.5 Å². The molecule has 1 aromatic carbocycles. The van der Waals surface area contributed by atoms with Gasteiger partial charge in [0, 0.05) is 17.1 Å². The first-order valence-corrected chi connectivity index (χ1v) is 10.2. The summed E-state index contributed by atoms with van der Waals surface area (Å²) in [5, 5.41) is 7.44. The van der Waals surface area contributed by atoms with Crippen molar-refractivity contribution in [2.24, 2.45) is 5.16 Å². The van der Waals surface area contributed by atoms with E-state index in [-0.39, 0.29) is 19.1 Å². The van der Waals surface area contributed by atoms with Crippen molar-refractivity contribution in [2.45, 2.75) is 17.9 Å². The topological polar surface area (TPSA) is 82.0 Å². The number of carbonyl (C=O) groups is 1. The Kier molecular flexibility index (Phi) is 8.54. The maximum atomic E-state index is 12.9. The number of hydrogen-bond acceptors (Lipinski definition) is 7. The Bertz CT molecular complexity index is 996. The van der Waals surface area contributed by atoms with E-state index in [2.05, 4.69) is 27.3 Å². The molecule has 1 amide bonds. The van der Waals surface area contributed by atoms with Crippen LogP contribution in [0.2, 0.25) is 0 Å². The molecule has 2 atom stereocenters. The predicted molar refractivity (Wildman–Crippen MR) is 119 cm³/mol. The molecule has 1 N–H and O–H groups in total. The molecule has 30 heavy (non-hydrogen) atoms. The van der Waals surface area contributed by atoms with E-state index in [9.17, 15) is 4.79 Å². The average Bonchev–Trinajstić information content (AvgIpc) is 2.75. The lowest BCUT2D eigenvalue weighted by atomic mass is 10.1. The standard InChI is InChI=1S/C22H23N3O4S/c1-6-10-28-15-22(3,14-24-27-4)25-20(26)21(30-5)29-18-8-9-19-17(12-18)11-16(7-2)13-23-19/h1-2,8-9,11-14,21H,10,15H2,3-5H3,(H,25,26). The van der Waals surface area contributed by atoms with Gasteiger partial charge >= 0.3 is 0 Å². The molecule has 2 unspecified atom stereocenters. The van der Waals surface area contributed by atoms with Crippen molar-refractivity contribution in [3.05, 3.63) is 36.0 Å².